The zero-order valence-corrected chi connectivity index (χ0v) is 11.0. The Morgan fingerprint density at radius 1 is 1.18 bits per heavy atom. The molecule has 0 aliphatic heterocycles. The molecule has 3 nitrogen and oxygen atoms in total. The van der Waals surface area contributed by atoms with Crippen LogP contribution in [0.3, 0.4) is 0 Å². The molecule has 2 aromatic heterocycles. The van der Waals surface area contributed by atoms with Gasteiger partial charge >= 0.3 is 0 Å². The third kappa shape index (κ3) is 1.98. The lowest BCUT2D eigenvalue weighted by atomic mass is 10.2. The molecule has 3 rings (SSSR count). The Balaban J connectivity index is 2.11. The predicted molar refractivity (Wildman–Crippen MR) is 69.0 cm³/mol. The van der Waals surface area contributed by atoms with Crippen molar-refractivity contribution in [3.8, 4) is 11.5 Å². The molecule has 0 fully saturated rings. The minimum absolute atomic E-state index is 0.329. The van der Waals surface area contributed by atoms with Crippen LogP contribution in [0, 0.1) is 0 Å². The Kier molecular flexibility index (Phi) is 2.68. The fraction of sp³-hybridized carbons (Fsp3) is 0.0833. The van der Waals surface area contributed by atoms with Crippen molar-refractivity contribution in [3.05, 3.63) is 40.5 Å². The van der Waals surface area contributed by atoms with E-state index in [2.05, 4.69) is 21.1 Å². The normalized spacial score (nSPS) is 11.2. The number of halogens is 2. The average Bonchev–Trinajstić information content (AvgIpc) is 2.93. The summed E-state index contributed by atoms with van der Waals surface area (Å²) in [5.41, 5.74) is 1.51. The zero-order chi connectivity index (χ0) is 11.8. The molecular formula is C12H7BrClNO2. The van der Waals surface area contributed by atoms with Gasteiger partial charge < -0.3 is 8.94 Å². The van der Waals surface area contributed by atoms with Crippen LogP contribution in [0.1, 0.15) is 5.69 Å². The highest BCUT2D eigenvalue weighted by Gasteiger charge is 2.11. The SMILES string of the molecule is ClCc1cc(-c2cc3cc(Br)ccc3o2)on1. The van der Waals surface area contributed by atoms with Gasteiger partial charge in [-0.05, 0) is 24.3 Å². The summed E-state index contributed by atoms with van der Waals surface area (Å²) in [5.74, 6) is 1.57. The molecule has 0 saturated heterocycles. The second-order valence-electron chi connectivity index (χ2n) is 3.61. The Hall–Kier alpha value is -1.26. The summed E-state index contributed by atoms with van der Waals surface area (Å²) >= 11 is 9.09. The largest absolute Gasteiger partial charge is 0.453 e. The molecule has 0 saturated carbocycles. The molecular weight excluding hydrogens is 305 g/mol. The van der Waals surface area contributed by atoms with Crippen LogP contribution >= 0.6 is 27.5 Å². The first-order valence-electron chi connectivity index (χ1n) is 4.97. The van der Waals surface area contributed by atoms with Crippen molar-refractivity contribution in [2.75, 3.05) is 0 Å². The molecule has 0 bridgehead atoms. The molecule has 0 amide bonds. The third-order valence-electron chi connectivity index (χ3n) is 2.42. The van der Waals surface area contributed by atoms with Crippen LogP contribution in [0.5, 0.6) is 0 Å². The minimum Gasteiger partial charge on any atom is -0.453 e. The molecule has 3 aromatic rings. The molecule has 17 heavy (non-hydrogen) atoms. The maximum atomic E-state index is 5.67. The average molecular weight is 313 g/mol. The van der Waals surface area contributed by atoms with Gasteiger partial charge in [0.1, 0.15) is 5.58 Å². The Morgan fingerprint density at radius 2 is 2.06 bits per heavy atom. The first kappa shape index (κ1) is 10.9. The number of furan rings is 1. The van der Waals surface area contributed by atoms with Gasteiger partial charge in [0, 0.05) is 15.9 Å². The molecule has 2 heterocycles. The van der Waals surface area contributed by atoms with Gasteiger partial charge in [0.05, 0.1) is 11.6 Å². The summed E-state index contributed by atoms with van der Waals surface area (Å²) in [6.07, 6.45) is 0. The summed E-state index contributed by atoms with van der Waals surface area (Å²) in [7, 11) is 0. The van der Waals surface area contributed by atoms with E-state index >= 15 is 0 Å². The summed E-state index contributed by atoms with van der Waals surface area (Å²) in [6, 6.07) is 9.52. The second kappa shape index (κ2) is 4.20. The van der Waals surface area contributed by atoms with Gasteiger partial charge in [0.2, 0.25) is 5.76 Å². The topological polar surface area (TPSA) is 39.2 Å². The first-order chi connectivity index (χ1) is 8.26. The molecule has 86 valence electrons. The third-order valence-corrected chi connectivity index (χ3v) is 3.18. The lowest BCUT2D eigenvalue weighted by molar-refractivity contribution is 0.415. The van der Waals surface area contributed by atoms with Crippen molar-refractivity contribution >= 4 is 38.5 Å². The Labute approximate surface area is 110 Å². The van der Waals surface area contributed by atoms with E-state index in [1.165, 1.54) is 0 Å². The molecule has 0 atom stereocenters. The minimum atomic E-state index is 0.329. The predicted octanol–water partition coefficient (Wildman–Crippen LogP) is 4.59. The standard InChI is InChI=1S/C12H7BrClNO2/c13-8-1-2-10-7(3-8)4-11(16-10)12-5-9(6-14)15-17-12/h1-5H,6H2. The maximum Gasteiger partial charge on any atom is 0.202 e. The lowest BCUT2D eigenvalue weighted by Crippen LogP contribution is -1.70. The molecule has 5 heteroatoms. The van der Waals surface area contributed by atoms with Crippen molar-refractivity contribution in [3.63, 3.8) is 0 Å². The van der Waals surface area contributed by atoms with E-state index in [4.69, 9.17) is 20.5 Å². The number of alkyl halides is 1. The van der Waals surface area contributed by atoms with Crippen molar-refractivity contribution in [2.24, 2.45) is 0 Å². The smallest absolute Gasteiger partial charge is 0.202 e. The fourth-order valence-electron chi connectivity index (χ4n) is 1.63. The number of rotatable bonds is 2. The van der Waals surface area contributed by atoms with E-state index in [-0.39, 0.29) is 0 Å². The highest BCUT2D eigenvalue weighted by molar-refractivity contribution is 9.10. The Bertz CT molecular complexity index is 674. The molecule has 0 spiro atoms. The van der Waals surface area contributed by atoms with Crippen molar-refractivity contribution < 1.29 is 8.94 Å². The van der Waals surface area contributed by atoms with Gasteiger partial charge in [-0.3, -0.25) is 0 Å². The van der Waals surface area contributed by atoms with Gasteiger partial charge in [-0.25, -0.2) is 0 Å². The number of nitrogens with zero attached hydrogens (tertiary/aromatic N) is 1. The highest BCUT2D eigenvalue weighted by Crippen LogP contribution is 2.30. The van der Waals surface area contributed by atoms with Crippen LogP contribution in [0.4, 0.5) is 0 Å². The maximum absolute atomic E-state index is 5.67. The lowest BCUT2D eigenvalue weighted by Gasteiger charge is -1.88. The second-order valence-corrected chi connectivity index (χ2v) is 4.79. The van der Waals surface area contributed by atoms with Gasteiger partial charge in [-0.2, -0.15) is 0 Å². The van der Waals surface area contributed by atoms with Crippen LogP contribution in [0.2, 0.25) is 0 Å². The van der Waals surface area contributed by atoms with Gasteiger partial charge in [-0.15, -0.1) is 11.6 Å². The molecule has 0 aliphatic rings. The summed E-state index contributed by atoms with van der Waals surface area (Å²) in [5, 5.41) is 4.83. The van der Waals surface area contributed by atoms with Gasteiger partial charge in [-0.1, -0.05) is 21.1 Å². The monoisotopic (exact) mass is 311 g/mol. The molecule has 0 aliphatic carbocycles. The van der Waals surface area contributed by atoms with Crippen LogP contribution in [-0.2, 0) is 5.88 Å². The Morgan fingerprint density at radius 3 is 2.82 bits per heavy atom. The first-order valence-corrected chi connectivity index (χ1v) is 6.30. The van der Waals surface area contributed by atoms with Crippen LogP contribution in [-0.4, -0.2) is 5.16 Å². The molecule has 0 N–H and O–H groups in total. The number of benzene rings is 1. The molecule has 1 aromatic carbocycles. The van der Waals surface area contributed by atoms with E-state index in [9.17, 15) is 0 Å². The number of hydrogen-bond donors (Lipinski definition) is 0. The summed E-state index contributed by atoms with van der Waals surface area (Å²) in [6.45, 7) is 0. The van der Waals surface area contributed by atoms with Crippen molar-refractivity contribution in [1.29, 1.82) is 0 Å². The van der Waals surface area contributed by atoms with Crippen molar-refractivity contribution in [1.82, 2.24) is 5.16 Å². The van der Waals surface area contributed by atoms with Crippen molar-refractivity contribution in [2.45, 2.75) is 5.88 Å². The van der Waals surface area contributed by atoms with Crippen LogP contribution in [0.25, 0.3) is 22.5 Å². The van der Waals surface area contributed by atoms with Gasteiger partial charge in [0.15, 0.2) is 5.76 Å². The van der Waals surface area contributed by atoms with E-state index in [0.29, 0.717) is 23.1 Å². The van der Waals surface area contributed by atoms with Crippen LogP contribution < -0.4 is 0 Å². The fourth-order valence-corrected chi connectivity index (χ4v) is 2.13. The van der Waals surface area contributed by atoms with E-state index < -0.39 is 0 Å². The number of aromatic nitrogens is 1. The number of hydrogen-bond acceptors (Lipinski definition) is 3. The molecule has 0 radical (unpaired) electrons. The number of fused-ring (bicyclic) bond motifs is 1. The quantitative estimate of drug-likeness (QED) is 0.650. The van der Waals surface area contributed by atoms with E-state index in [0.717, 1.165) is 15.4 Å². The van der Waals surface area contributed by atoms with E-state index in [1.807, 2.05) is 24.3 Å². The van der Waals surface area contributed by atoms with Gasteiger partial charge in [0.25, 0.3) is 0 Å². The van der Waals surface area contributed by atoms with Crippen LogP contribution in [0.15, 0.2) is 43.7 Å². The highest BCUT2D eigenvalue weighted by atomic mass is 79.9. The molecule has 0 unspecified atom stereocenters. The summed E-state index contributed by atoms with van der Waals surface area (Å²) in [4.78, 5) is 0. The van der Waals surface area contributed by atoms with E-state index in [1.54, 1.807) is 6.07 Å². The summed E-state index contributed by atoms with van der Waals surface area (Å²) < 4.78 is 11.8. The zero-order valence-electron chi connectivity index (χ0n) is 8.61.